The van der Waals surface area contributed by atoms with Gasteiger partial charge in [0, 0.05) is 6.42 Å². The summed E-state index contributed by atoms with van der Waals surface area (Å²) >= 11 is 0. The molecule has 1 aliphatic rings. The molecule has 0 radical (unpaired) electrons. The average Bonchev–Trinajstić information content (AvgIpc) is 2.35. The summed E-state index contributed by atoms with van der Waals surface area (Å²) in [5.74, 6) is -0.242. The summed E-state index contributed by atoms with van der Waals surface area (Å²) in [6.07, 6.45) is 0.570. The first-order valence-corrected chi connectivity index (χ1v) is 3.59. The molecule has 11 heavy (non-hydrogen) atoms. The van der Waals surface area contributed by atoms with Crippen LogP contribution in [-0.4, -0.2) is 6.54 Å². The van der Waals surface area contributed by atoms with Crippen LogP contribution in [-0.2, 0) is 6.42 Å². The minimum atomic E-state index is -0.242. The van der Waals surface area contributed by atoms with Crippen molar-refractivity contribution in [3.63, 3.8) is 0 Å². The van der Waals surface area contributed by atoms with Crippen LogP contribution in [0.2, 0.25) is 0 Å². The number of hydroxylamine groups is 1. The van der Waals surface area contributed by atoms with Gasteiger partial charge in [-0.3, -0.25) is 0 Å². The lowest BCUT2D eigenvalue weighted by Crippen LogP contribution is -3.00. The van der Waals surface area contributed by atoms with E-state index in [4.69, 9.17) is 0 Å². The summed E-state index contributed by atoms with van der Waals surface area (Å²) in [7, 11) is 0. The second-order valence-electron chi connectivity index (χ2n) is 2.69. The Morgan fingerprint density at radius 3 is 3.00 bits per heavy atom. The van der Waals surface area contributed by atoms with E-state index < -0.39 is 0 Å². The first kappa shape index (κ1) is 6.76. The van der Waals surface area contributed by atoms with Crippen LogP contribution in [0.5, 0.6) is 0 Å². The zero-order valence-electron chi connectivity index (χ0n) is 5.93. The van der Waals surface area contributed by atoms with Gasteiger partial charge in [-0.05, 0) is 12.1 Å². The van der Waals surface area contributed by atoms with Crippen LogP contribution in [0.15, 0.2) is 18.2 Å². The molecule has 1 heterocycles. The summed E-state index contributed by atoms with van der Waals surface area (Å²) in [5, 5.41) is 11.1. The Bertz CT molecular complexity index is 287. The summed E-state index contributed by atoms with van der Waals surface area (Å²) in [4.78, 5) is 0. The van der Waals surface area contributed by atoms with Crippen molar-refractivity contribution in [3.8, 4) is 0 Å². The lowest BCUT2D eigenvalue weighted by atomic mass is 10.1. The van der Waals surface area contributed by atoms with Crippen LogP contribution < -0.4 is 5.06 Å². The van der Waals surface area contributed by atoms with Gasteiger partial charge in [0.1, 0.15) is 11.5 Å². The Balaban J connectivity index is 2.57. The van der Waals surface area contributed by atoms with Gasteiger partial charge in [0.05, 0.1) is 12.1 Å². The lowest BCUT2D eigenvalue weighted by Gasteiger charge is -2.14. The van der Waals surface area contributed by atoms with Gasteiger partial charge >= 0.3 is 0 Å². The summed E-state index contributed by atoms with van der Waals surface area (Å²) in [6, 6.07) is 4.67. The number of quaternary nitrogens is 1. The van der Waals surface area contributed by atoms with Crippen molar-refractivity contribution >= 4 is 5.69 Å². The summed E-state index contributed by atoms with van der Waals surface area (Å²) in [6.45, 7) is 0.469. The Labute approximate surface area is 63.8 Å². The van der Waals surface area contributed by atoms with Crippen LogP contribution in [0, 0.1) is 11.0 Å². The number of fused-ring (bicyclic) bond motifs is 1. The highest BCUT2D eigenvalue weighted by Gasteiger charge is 2.20. The van der Waals surface area contributed by atoms with E-state index in [1.165, 1.54) is 6.07 Å². The van der Waals surface area contributed by atoms with Crippen LogP contribution in [0.3, 0.4) is 0 Å². The molecule has 0 amide bonds. The van der Waals surface area contributed by atoms with Crippen LogP contribution >= 0.6 is 0 Å². The molecule has 58 valence electrons. The molecule has 1 aromatic carbocycles. The van der Waals surface area contributed by atoms with Gasteiger partial charge in [-0.15, -0.1) is 0 Å². The fourth-order valence-electron chi connectivity index (χ4n) is 1.45. The fourth-order valence-corrected chi connectivity index (χ4v) is 1.45. The minimum absolute atomic E-state index is 0.0690. The van der Waals surface area contributed by atoms with Crippen LogP contribution in [0.25, 0.3) is 0 Å². The topological polar surface area (TPSA) is 27.5 Å². The molecule has 1 N–H and O–H groups in total. The maximum Gasteiger partial charge on any atom is 0.137 e. The molecule has 0 saturated carbocycles. The van der Waals surface area contributed by atoms with Crippen molar-refractivity contribution in [2.45, 2.75) is 6.42 Å². The van der Waals surface area contributed by atoms with Gasteiger partial charge < -0.3 is 10.3 Å². The van der Waals surface area contributed by atoms with Gasteiger partial charge in [0.25, 0.3) is 0 Å². The van der Waals surface area contributed by atoms with Crippen molar-refractivity contribution < 1.29 is 9.45 Å². The smallest absolute Gasteiger partial charge is 0.137 e. The Kier molecular flexibility index (Phi) is 1.41. The maximum atomic E-state index is 12.9. The predicted molar refractivity (Wildman–Crippen MR) is 39.0 cm³/mol. The molecule has 0 saturated heterocycles. The van der Waals surface area contributed by atoms with Crippen molar-refractivity contribution in [1.29, 1.82) is 0 Å². The molecule has 3 heteroatoms. The second kappa shape index (κ2) is 2.29. The molecular formula is C8H8FNO. The van der Waals surface area contributed by atoms with E-state index in [9.17, 15) is 9.60 Å². The van der Waals surface area contributed by atoms with E-state index >= 15 is 0 Å². The SMILES string of the molecule is [O-][NH+]1CCc2c(F)cccc21. The van der Waals surface area contributed by atoms with E-state index in [2.05, 4.69) is 0 Å². The molecule has 1 atom stereocenters. The van der Waals surface area contributed by atoms with Gasteiger partial charge in [-0.1, -0.05) is 6.07 Å². The highest BCUT2D eigenvalue weighted by Crippen LogP contribution is 2.18. The molecule has 2 nitrogen and oxygen atoms in total. The van der Waals surface area contributed by atoms with Crippen molar-refractivity contribution in [1.82, 2.24) is 0 Å². The van der Waals surface area contributed by atoms with E-state index in [1.807, 2.05) is 0 Å². The standard InChI is InChI=1S/C8H8FNO/c9-7-2-1-3-8-6(7)4-5-10(8)11/h1-3,10H,4-5H2. The Morgan fingerprint density at radius 2 is 2.27 bits per heavy atom. The van der Waals surface area contributed by atoms with Crippen LogP contribution in [0.1, 0.15) is 5.56 Å². The van der Waals surface area contributed by atoms with Crippen molar-refractivity contribution in [2.75, 3.05) is 6.54 Å². The Morgan fingerprint density at radius 1 is 1.45 bits per heavy atom. The van der Waals surface area contributed by atoms with Crippen molar-refractivity contribution in [3.05, 3.63) is 34.8 Å². The number of hydrogen-bond acceptors (Lipinski definition) is 1. The molecule has 0 bridgehead atoms. The number of benzene rings is 1. The molecule has 1 aliphatic heterocycles. The quantitative estimate of drug-likeness (QED) is 0.536. The molecular weight excluding hydrogens is 145 g/mol. The number of nitrogens with one attached hydrogen (secondary N) is 1. The predicted octanol–water partition coefficient (Wildman–Crippen LogP) is 0.396. The molecule has 0 spiro atoms. The molecule has 0 fully saturated rings. The minimum Gasteiger partial charge on any atom is -0.629 e. The molecule has 0 aliphatic carbocycles. The van der Waals surface area contributed by atoms with Gasteiger partial charge in [0.15, 0.2) is 0 Å². The third kappa shape index (κ3) is 0.931. The fraction of sp³-hybridized carbons (Fsp3) is 0.250. The lowest BCUT2D eigenvalue weighted by molar-refractivity contribution is -0.768. The normalized spacial score (nSPS) is 21.8. The first-order chi connectivity index (χ1) is 5.29. The first-order valence-electron chi connectivity index (χ1n) is 3.59. The molecule has 0 aromatic heterocycles. The second-order valence-corrected chi connectivity index (χ2v) is 2.69. The number of halogens is 1. The zero-order valence-corrected chi connectivity index (χ0v) is 5.93. The number of hydrogen-bond donors (Lipinski definition) is 1. The van der Waals surface area contributed by atoms with Gasteiger partial charge in [-0.25, -0.2) is 4.39 Å². The van der Waals surface area contributed by atoms with E-state index in [0.717, 1.165) is 0 Å². The highest BCUT2D eigenvalue weighted by atomic mass is 19.1. The molecule has 2 rings (SSSR count). The third-order valence-electron chi connectivity index (χ3n) is 2.02. The average molecular weight is 153 g/mol. The highest BCUT2D eigenvalue weighted by molar-refractivity contribution is 5.42. The van der Waals surface area contributed by atoms with Crippen molar-refractivity contribution in [2.24, 2.45) is 0 Å². The Hall–Kier alpha value is -0.930. The van der Waals surface area contributed by atoms with Gasteiger partial charge in [-0.2, -0.15) is 0 Å². The summed E-state index contributed by atoms with van der Waals surface area (Å²) in [5.41, 5.74) is 1.17. The van der Waals surface area contributed by atoms with E-state index in [-0.39, 0.29) is 10.9 Å². The third-order valence-corrected chi connectivity index (χ3v) is 2.02. The maximum absolute atomic E-state index is 12.9. The van der Waals surface area contributed by atoms with Gasteiger partial charge in [0.2, 0.25) is 0 Å². The van der Waals surface area contributed by atoms with E-state index in [0.29, 0.717) is 24.2 Å². The number of rotatable bonds is 0. The van der Waals surface area contributed by atoms with Crippen LogP contribution in [0.4, 0.5) is 10.1 Å². The zero-order chi connectivity index (χ0) is 7.84. The van der Waals surface area contributed by atoms with E-state index in [1.54, 1.807) is 12.1 Å². The molecule has 1 unspecified atom stereocenters. The monoisotopic (exact) mass is 153 g/mol. The summed E-state index contributed by atoms with van der Waals surface area (Å²) < 4.78 is 12.9. The molecule has 1 aromatic rings. The largest absolute Gasteiger partial charge is 0.629 e.